The Balaban J connectivity index is 1.97. The zero-order valence-corrected chi connectivity index (χ0v) is 11.6. The van der Waals surface area contributed by atoms with Crippen LogP contribution in [0, 0.1) is 13.8 Å². The Morgan fingerprint density at radius 3 is 2.58 bits per heavy atom. The Hall–Kier alpha value is -2.10. The predicted octanol–water partition coefficient (Wildman–Crippen LogP) is 3.09. The van der Waals surface area contributed by atoms with Crippen molar-refractivity contribution in [2.45, 2.75) is 33.2 Å². The second kappa shape index (κ2) is 5.69. The van der Waals surface area contributed by atoms with Gasteiger partial charge in [0, 0.05) is 30.5 Å². The van der Waals surface area contributed by atoms with Crippen LogP contribution >= 0.6 is 0 Å². The molecule has 4 heteroatoms. The van der Waals surface area contributed by atoms with E-state index in [9.17, 15) is 4.79 Å². The third-order valence-electron chi connectivity index (χ3n) is 3.02. The van der Waals surface area contributed by atoms with Gasteiger partial charge in [-0.05, 0) is 44.0 Å². The third kappa shape index (κ3) is 3.68. The summed E-state index contributed by atoms with van der Waals surface area (Å²) in [5, 5.41) is 2.94. The van der Waals surface area contributed by atoms with Crippen molar-refractivity contribution in [1.29, 1.82) is 0 Å². The summed E-state index contributed by atoms with van der Waals surface area (Å²) in [6.07, 6.45) is 5.76. The topological polar surface area (TPSA) is 46.9 Å². The van der Waals surface area contributed by atoms with E-state index in [2.05, 4.69) is 16.4 Å². The van der Waals surface area contributed by atoms with E-state index in [0.29, 0.717) is 6.42 Å². The Kier molecular flexibility index (Phi) is 4.00. The first kappa shape index (κ1) is 13.3. The molecule has 0 saturated carbocycles. The zero-order valence-electron chi connectivity index (χ0n) is 11.6. The average Bonchev–Trinajstić information content (AvgIpc) is 2.80. The zero-order chi connectivity index (χ0) is 13.8. The number of carbonyl (C=O) groups is 1. The Morgan fingerprint density at radius 2 is 2.00 bits per heavy atom. The molecule has 0 fully saturated rings. The molecule has 1 atom stereocenters. The third-order valence-corrected chi connectivity index (χ3v) is 3.02. The van der Waals surface area contributed by atoms with Crippen molar-refractivity contribution >= 4 is 11.6 Å². The van der Waals surface area contributed by atoms with Crippen LogP contribution in [0.2, 0.25) is 0 Å². The highest BCUT2D eigenvalue weighted by Crippen LogP contribution is 2.16. The minimum atomic E-state index is 0.0196. The van der Waals surface area contributed by atoms with Gasteiger partial charge in [0.2, 0.25) is 5.91 Å². The van der Waals surface area contributed by atoms with E-state index in [-0.39, 0.29) is 11.9 Å². The first-order chi connectivity index (χ1) is 9.04. The molecular formula is C15H19N3O. The highest BCUT2D eigenvalue weighted by atomic mass is 16.1. The van der Waals surface area contributed by atoms with E-state index in [1.54, 1.807) is 12.5 Å². The number of nitrogens with zero attached hydrogens (tertiary/aromatic N) is 2. The highest BCUT2D eigenvalue weighted by Gasteiger charge is 2.10. The van der Waals surface area contributed by atoms with Crippen LogP contribution in [0.3, 0.4) is 0 Å². The van der Waals surface area contributed by atoms with Crippen molar-refractivity contribution in [3.63, 3.8) is 0 Å². The standard InChI is InChI=1S/C15H19N3O/c1-11-6-12(2)8-14(7-11)17-15(19)9-13(3)18-5-4-16-10-18/h4-8,10,13H,9H2,1-3H3,(H,17,19). The number of carbonyl (C=O) groups excluding carboxylic acids is 1. The van der Waals surface area contributed by atoms with Crippen LogP contribution < -0.4 is 5.32 Å². The lowest BCUT2D eigenvalue weighted by Gasteiger charge is -2.13. The van der Waals surface area contributed by atoms with E-state index >= 15 is 0 Å². The van der Waals surface area contributed by atoms with Crippen molar-refractivity contribution < 1.29 is 4.79 Å². The number of anilines is 1. The van der Waals surface area contributed by atoms with Crippen LogP contribution in [0.15, 0.2) is 36.9 Å². The first-order valence-corrected chi connectivity index (χ1v) is 6.40. The number of hydrogen-bond acceptors (Lipinski definition) is 2. The summed E-state index contributed by atoms with van der Waals surface area (Å²) < 4.78 is 1.93. The van der Waals surface area contributed by atoms with Crippen LogP contribution in [0.4, 0.5) is 5.69 Å². The van der Waals surface area contributed by atoms with Gasteiger partial charge in [-0.3, -0.25) is 4.79 Å². The molecule has 0 spiro atoms. The molecule has 0 saturated heterocycles. The van der Waals surface area contributed by atoms with Crippen LogP contribution in [-0.4, -0.2) is 15.5 Å². The van der Waals surface area contributed by atoms with Gasteiger partial charge >= 0.3 is 0 Å². The summed E-state index contributed by atoms with van der Waals surface area (Å²) in [5.74, 6) is 0.0196. The fraction of sp³-hybridized carbons (Fsp3) is 0.333. The van der Waals surface area contributed by atoms with Crippen molar-refractivity contribution in [2.75, 3.05) is 5.32 Å². The van der Waals surface area contributed by atoms with E-state index in [1.165, 1.54) is 0 Å². The van der Waals surface area contributed by atoms with Crippen molar-refractivity contribution in [1.82, 2.24) is 9.55 Å². The van der Waals surface area contributed by atoms with E-state index < -0.39 is 0 Å². The van der Waals surface area contributed by atoms with Gasteiger partial charge in [-0.15, -0.1) is 0 Å². The molecular weight excluding hydrogens is 238 g/mol. The van der Waals surface area contributed by atoms with Crippen LogP contribution in [0.25, 0.3) is 0 Å². The molecule has 4 nitrogen and oxygen atoms in total. The van der Waals surface area contributed by atoms with Gasteiger partial charge in [0.15, 0.2) is 0 Å². The monoisotopic (exact) mass is 257 g/mol. The van der Waals surface area contributed by atoms with E-state index in [1.807, 2.05) is 43.7 Å². The summed E-state index contributed by atoms with van der Waals surface area (Å²) >= 11 is 0. The molecule has 1 heterocycles. The van der Waals surface area contributed by atoms with Crippen LogP contribution in [-0.2, 0) is 4.79 Å². The quantitative estimate of drug-likeness (QED) is 0.915. The second-order valence-corrected chi connectivity index (χ2v) is 4.99. The van der Waals surface area contributed by atoms with Crippen LogP contribution in [0.1, 0.15) is 30.5 Å². The fourth-order valence-electron chi connectivity index (χ4n) is 2.16. The lowest BCUT2D eigenvalue weighted by molar-refractivity contribution is -0.116. The molecule has 0 bridgehead atoms. The summed E-state index contributed by atoms with van der Waals surface area (Å²) in [5.41, 5.74) is 3.16. The fourth-order valence-corrected chi connectivity index (χ4v) is 2.16. The van der Waals surface area contributed by atoms with E-state index in [4.69, 9.17) is 0 Å². The molecule has 0 aliphatic carbocycles. The summed E-state index contributed by atoms with van der Waals surface area (Å²) in [4.78, 5) is 16.0. The number of aryl methyl sites for hydroxylation is 2. The molecule has 0 aliphatic heterocycles. The molecule has 1 aromatic carbocycles. The van der Waals surface area contributed by atoms with Gasteiger partial charge in [-0.1, -0.05) is 6.07 Å². The lowest BCUT2D eigenvalue weighted by atomic mass is 10.1. The van der Waals surface area contributed by atoms with Crippen molar-refractivity contribution in [3.8, 4) is 0 Å². The minimum absolute atomic E-state index is 0.0196. The smallest absolute Gasteiger partial charge is 0.226 e. The van der Waals surface area contributed by atoms with Crippen LogP contribution in [0.5, 0.6) is 0 Å². The maximum Gasteiger partial charge on any atom is 0.226 e. The number of imidazole rings is 1. The van der Waals surface area contributed by atoms with Gasteiger partial charge in [0.1, 0.15) is 0 Å². The SMILES string of the molecule is Cc1cc(C)cc(NC(=O)CC(C)n2ccnc2)c1. The van der Waals surface area contributed by atoms with Gasteiger partial charge < -0.3 is 9.88 Å². The number of rotatable bonds is 4. The van der Waals surface area contributed by atoms with Crippen molar-refractivity contribution in [2.24, 2.45) is 0 Å². The molecule has 0 radical (unpaired) electrons. The number of benzene rings is 1. The maximum absolute atomic E-state index is 12.0. The normalized spacial score (nSPS) is 12.2. The summed E-state index contributed by atoms with van der Waals surface area (Å²) in [6, 6.07) is 6.15. The molecule has 1 N–H and O–H groups in total. The Labute approximate surface area is 113 Å². The lowest BCUT2D eigenvalue weighted by Crippen LogP contribution is -2.17. The molecule has 0 aliphatic rings. The van der Waals surface area contributed by atoms with Gasteiger partial charge in [-0.2, -0.15) is 0 Å². The largest absolute Gasteiger partial charge is 0.334 e. The molecule has 2 aromatic rings. The maximum atomic E-state index is 12.0. The van der Waals surface area contributed by atoms with E-state index in [0.717, 1.165) is 16.8 Å². The average molecular weight is 257 g/mol. The van der Waals surface area contributed by atoms with Gasteiger partial charge in [0.05, 0.1) is 6.33 Å². The van der Waals surface area contributed by atoms with Crippen molar-refractivity contribution in [3.05, 3.63) is 48.0 Å². The molecule has 19 heavy (non-hydrogen) atoms. The van der Waals surface area contributed by atoms with Gasteiger partial charge in [0.25, 0.3) is 0 Å². The Morgan fingerprint density at radius 1 is 1.32 bits per heavy atom. The molecule has 100 valence electrons. The summed E-state index contributed by atoms with van der Waals surface area (Å²) in [7, 11) is 0. The number of amides is 1. The number of aromatic nitrogens is 2. The minimum Gasteiger partial charge on any atom is -0.334 e. The second-order valence-electron chi connectivity index (χ2n) is 4.99. The predicted molar refractivity (Wildman–Crippen MR) is 76.1 cm³/mol. The first-order valence-electron chi connectivity index (χ1n) is 6.40. The Bertz CT molecular complexity index is 541. The summed E-state index contributed by atoms with van der Waals surface area (Å²) in [6.45, 7) is 6.05. The molecule has 1 amide bonds. The highest BCUT2D eigenvalue weighted by molar-refractivity contribution is 5.91. The molecule has 2 rings (SSSR count). The molecule has 1 aromatic heterocycles. The molecule has 1 unspecified atom stereocenters. The van der Waals surface area contributed by atoms with Gasteiger partial charge in [-0.25, -0.2) is 4.98 Å². The number of hydrogen-bond donors (Lipinski definition) is 1. The number of nitrogens with one attached hydrogen (secondary N) is 1.